The summed E-state index contributed by atoms with van der Waals surface area (Å²) in [7, 11) is -3.51. The van der Waals surface area contributed by atoms with Gasteiger partial charge in [-0.2, -0.15) is 12.7 Å². The van der Waals surface area contributed by atoms with E-state index in [4.69, 9.17) is 9.84 Å². The van der Waals surface area contributed by atoms with E-state index in [1.807, 2.05) is 6.92 Å². The molecule has 2 rings (SSSR count). The van der Waals surface area contributed by atoms with E-state index in [0.29, 0.717) is 32.6 Å². The zero-order valence-corrected chi connectivity index (χ0v) is 11.8. The number of piperidine rings is 1. The Balaban J connectivity index is 1.85. The highest BCUT2D eigenvalue weighted by Gasteiger charge is 2.36. The summed E-state index contributed by atoms with van der Waals surface area (Å²) >= 11 is 0. The molecule has 19 heavy (non-hydrogen) atoms. The standard InChI is InChI=1S/C11H20N2O5S/c1-11(7-18-8-11)6-12-19(16,17)13-4-2-9(3-5-13)10(14)15/h9,12H,2-8H2,1H3,(H,14,15). The van der Waals surface area contributed by atoms with Crippen LogP contribution in [0.1, 0.15) is 19.8 Å². The Morgan fingerprint density at radius 2 is 2.00 bits per heavy atom. The third kappa shape index (κ3) is 3.44. The lowest BCUT2D eigenvalue weighted by Gasteiger charge is -2.38. The van der Waals surface area contributed by atoms with Gasteiger partial charge in [0.2, 0.25) is 0 Å². The molecule has 0 bridgehead atoms. The minimum Gasteiger partial charge on any atom is -0.481 e. The average Bonchev–Trinajstić information content (AvgIpc) is 2.34. The Bertz CT molecular complexity index is 438. The second-order valence-corrected chi connectivity index (χ2v) is 7.40. The zero-order chi connectivity index (χ0) is 14.1. The van der Waals surface area contributed by atoms with Crippen LogP contribution in [0.5, 0.6) is 0 Å². The molecular weight excluding hydrogens is 272 g/mol. The molecule has 2 fully saturated rings. The first-order valence-corrected chi connectivity index (χ1v) is 7.82. The SMILES string of the molecule is CC1(CNS(=O)(=O)N2CCC(C(=O)O)CC2)COC1. The van der Waals surface area contributed by atoms with Crippen LogP contribution in [-0.4, -0.2) is 56.6 Å². The van der Waals surface area contributed by atoms with Gasteiger partial charge in [0.05, 0.1) is 19.1 Å². The molecule has 0 unspecified atom stereocenters. The molecular formula is C11H20N2O5S. The maximum absolute atomic E-state index is 12.1. The number of carboxylic acid groups (broad SMARTS) is 1. The van der Waals surface area contributed by atoms with Crippen LogP contribution in [0.25, 0.3) is 0 Å². The molecule has 2 aliphatic heterocycles. The van der Waals surface area contributed by atoms with E-state index in [1.54, 1.807) is 0 Å². The highest BCUT2D eigenvalue weighted by atomic mass is 32.2. The summed E-state index contributed by atoms with van der Waals surface area (Å²) in [6, 6.07) is 0. The molecule has 0 aromatic heterocycles. The number of ether oxygens (including phenoxy) is 1. The maximum Gasteiger partial charge on any atom is 0.306 e. The summed E-state index contributed by atoms with van der Waals surface area (Å²) in [4.78, 5) is 10.8. The van der Waals surface area contributed by atoms with Gasteiger partial charge in [-0.25, -0.2) is 4.72 Å². The van der Waals surface area contributed by atoms with Crippen LogP contribution in [0.4, 0.5) is 0 Å². The van der Waals surface area contributed by atoms with Gasteiger partial charge in [-0.05, 0) is 12.8 Å². The Morgan fingerprint density at radius 3 is 2.42 bits per heavy atom. The van der Waals surface area contributed by atoms with Gasteiger partial charge in [0.1, 0.15) is 0 Å². The van der Waals surface area contributed by atoms with Crippen LogP contribution in [0.3, 0.4) is 0 Å². The van der Waals surface area contributed by atoms with Crippen molar-refractivity contribution in [2.45, 2.75) is 19.8 Å². The lowest BCUT2D eigenvalue weighted by Crippen LogP contribution is -2.52. The van der Waals surface area contributed by atoms with E-state index in [-0.39, 0.29) is 18.5 Å². The zero-order valence-electron chi connectivity index (χ0n) is 11.0. The van der Waals surface area contributed by atoms with E-state index >= 15 is 0 Å². The van der Waals surface area contributed by atoms with Crippen LogP contribution in [0.2, 0.25) is 0 Å². The van der Waals surface area contributed by atoms with Gasteiger partial charge < -0.3 is 9.84 Å². The summed E-state index contributed by atoms with van der Waals surface area (Å²) in [6.07, 6.45) is 0.743. The Kier molecular flexibility index (Phi) is 4.14. The van der Waals surface area contributed by atoms with Crippen molar-refractivity contribution in [3.05, 3.63) is 0 Å². The fourth-order valence-electron chi connectivity index (χ4n) is 2.25. The molecule has 0 aromatic carbocycles. The Hall–Kier alpha value is -0.700. The number of carbonyl (C=O) groups is 1. The van der Waals surface area contributed by atoms with Gasteiger partial charge in [0.15, 0.2) is 0 Å². The van der Waals surface area contributed by atoms with Crippen molar-refractivity contribution in [2.75, 3.05) is 32.8 Å². The van der Waals surface area contributed by atoms with Gasteiger partial charge in [-0.15, -0.1) is 0 Å². The van der Waals surface area contributed by atoms with Crippen molar-refractivity contribution in [1.82, 2.24) is 9.03 Å². The van der Waals surface area contributed by atoms with Gasteiger partial charge in [0, 0.05) is 25.0 Å². The quantitative estimate of drug-likeness (QED) is 0.722. The molecule has 2 saturated heterocycles. The van der Waals surface area contributed by atoms with Crippen LogP contribution >= 0.6 is 0 Å². The second-order valence-electron chi connectivity index (χ2n) is 5.64. The van der Waals surface area contributed by atoms with E-state index in [0.717, 1.165) is 0 Å². The maximum atomic E-state index is 12.1. The lowest BCUT2D eigenvalue weighted by atomic mass is 9.89. The minimum atomic E-state index is -3.51. The lowest BCUT2D eigenvalue weighted by molar-refractivity contribution is -0.142. The molecule has 7 nitrogen and oxygen atoms in total. The molecule has 0 radical (unpaired) electrons. The largest absolute Gasteiger partial charge is 0.481 e. The van der Waals surface area contributed by atoms with Crippen molar-refractivity contribution in [2.24, 2.45) is 11.3 Å². The summed E-state index contributed by atoms with van der Waals surface area (Å²) in [5.74, 6) is -1.27. The second kappa shape index (κ2) is 5.35. The number of carboxylic acids is 1. The van der Waals surface area contributed by atoms with Gasteiger partial charge in [-0.1, -0.05) is 6.92 Å². The first-order valence-electron chi connectivity index (χ1n) is 6.38. The van der Waals surface area contributed by atoms with Crippen LogP contribution < -0.4 is 4.72 Å². The van der Waals surface area contributed by atoms with E-state index in [9.17, 15) is 13.2 Å². The topological polar surface area (TPSA) is 95.9 Å². The van der Waals surface area contributed by atoms with Crippen molar-refractivity contribution in [3.63, 3.8) is 0 Å². The average molecular weight is 292 g/mol. The van der Waals surface area contributed by atoms with Crippen LogP contribution in [-0.2, 0) is 19.7 Å². The van der Waals surface area contributed by atoms with Gasteiger partial charge in [-0.3, -0.25) is 4.79 Å². The van der Waals surface area contributed by atoms with Crippen molar-refractivity contribution in [3.8, 4) is 0 Å². The van der Waals surface area contributed by atoms with Crippen molar-refractivity contribution >= 4 is 16.2 Å². The smallest absolute Gasteiger partial charge is 0.306 e. The molecule has 0 atom stereocenters. The number of rotatable bonds is 5. The summed E-state index contributed by atoms with van der Waals surface area (Å²) in [5.41, 5.74) is -0.119. The minimum absolute atomic E-state index is 0.119. The van der Waals surface area contributed by atoms with Crippen molar-refractivity contribution in [1.29, 1.82) is 0 Å². The Labute approximate surface area is 113 Å². The molecule has 0 aliphatic carbocycles. The predicted molar refractivity (Wildman–Crippen MR) is 67.8 cm³/mol. The van der Waals surface area contributed by atoms with E-state index in [2.05, 4.69) is 4.72 Å². The first-order chi connectivity index (χ1) is 8.82. The molecule has 0 aromatic rings. The highest BCUT2D eigenvalue weighted by molar-refractivity contribution is 7.87. The van der Waals surface area contributed by atoms with Crippen molar-refractivity contribution < 1.29 is 23.1 Å². The highest BCUT2D eigenvalue weighted by Crippen LogP contribution is 2.26. The number of aliphatic carboxylic acids is 1. The van der Waals surface area contributed by atoms with Crippen LogP contribution in [0.15, 0.2) is 0 Å². The number of nitrogens with one attached hydrogen (secondary N) is 1. The van der Waals surface area contributed by atoms with E-state index in [1.165, 1.54) is 4.31 Å². The van der Waals surface area contributed by atoms with Gasteiger partial charge >= 0.3 is 5.97 Å². The molecule has 2 heterocycles. The molecule has 0 amide bonds. The Morgan fingerprint density at radius 1 is 1.42 bits per heavy atom. The third-order valence-corrected chi connectivity index (χ3v) is 5.28. The number of hydrogen-bond acceptors (Lipinski definition) is 4. The summed E-state index contributed by atoms with van der Waals surface area (Å²) < 4.78 is 33.1. The molecule has 0 spiro atoms. The monoisotopic (exact) mass is 292 g/mol. The fraction of sp³-hybridized carbons (Fsp3) is 0.909. The third-order valence-electron chi connectivity index (χ3n) is 3.73. The normalized spacial score (nSPS) is 24.9. The summed E-state index contributed by atoms with van der Waals surface area (Å²) in [6.45, 7) is 3.98. The number of hydrogen-bond donors (Lipinski definition) is 2. The predicted octanol–water partition coefficient (Wildman–Crippen LogP) is -0.346. The molecule has 110 valence electrons. The van der Waals surface area contributed by atoms with Gasteiger partial charge in [0.25, 0.3) is 10.2 Å². The molecule has 0 saturated carbocycles. The molecule has 8 heteroatoms. The first kappa shape index (κ1) is 14.7. The summed E-state index contributed by atoms with van der Waals surface area (Å²) in [5, 5.41) is 8.88. The molecule has 2 aliphatic rings. The van der Waals surface area contributed by atoms with E-state index < -0.39 is 22.1 Å². The molecule has 2 N–H and O–H groups in total. The fourth-order valence-corrected chi connectivity index (χ4v) is 3.66. The number of nitrogens with zero attached hydrogens (tertiary/aromatic N) is 1. The van der Waals surface area contributed by atoms with Crippen LogP contribution in [0, 0.1) is 11.3 Å².